The number of halogens is 1. The van der Waals surface area contributed by atoms with Crippen LogP contribution in [-0.4, -0.2) is 31.5 Å². The molecule has 7 heteroatoms. The lowest BCUT2D eigenvalue weighted by atomic mass is 9.96. The summed E-state index contributed by atoms with van der Waals surface area (Å²) in [5.41, 5.74) is 2.73. The molecule has 31 heavy (non-hydrogen) atoms. The van der Waals surface area contributed by atoms with Crippen molar-refractivity contribution in [3.05, 3.63) is 40.0 Å². The zero-order valence-corrected chi connectivity index (χ0v) is 22.5. The number of hydrogen-bond acceptors (Lipinski definition) is 5. The fourth-order valence-electron chi connectivity index (χ4n) is 3.43. The van der Waals surface area contributed by atoms with Gasteiger partial charge in [0.05, 0.1) is 17.3 Å². The van der Waals surface area contributed by atoms with Gasteiger partial charge in [0.2, 0.25) is 5.75 Å². The molecule has 0 bridgehead atoms. The van der Waals surface area contributed by atoms with Gasteiger partial charge in [0.1, 0.15) is 5.75 Å². The number of nitrogens with one attached hydrogen (secondary N) is 1. The molecule has 172 valence electrons. The minimum Gasteiger partial charge on any atom is -0.502 e. The lowest BCUT2D eigenvalue weighted by Crippen LogP contribution is -2.45. The van der Waals surface area contributed by atoms with Gasteiger partial charge >= 0.3 is 0 Å². The van der Waals surface area contributed by atoms with E-state index in [1.165, 1.54) is 0 Å². The van der Waals surface area contributed by atoms with E-state index in [0.29, 0.717) is 16.5 Å². The first kappa shape index (κ1) is 25.5. The fraction of sp³-hybridized carbons (Fsp3) is 0.542. The summed E-state index contributed by atoms with van der Waals surface area (Å²) in [6.45, 7) is 18.7. The second-order valence-corrected chi connectivity index (χ2v) is 13.1. The highest BCUT2D eigenvalue weighted by molar-refractivity contribution is 6.32. The summed E-state index contributed by atoms with van der Waals surface area (Å²) in [6.07, 6.45) is 0.845. The minimum absolute atomic E-state index is 0.0123. The number of rotatable bonds is 8. The Bertz CT molecular complexity index is 903. The Kier molecular flexibility index (Phi) is 8.06. The normalized spacial score (nSPS) is 13.6. The molecule has 0 saturated heterocycles. The third-order valence-electron chi connectivity index (χ3n) is 5.17. The van der Waals surface area contributed by atoms with E-state index in [1.807, 2.05) is 39.0 Å². The maximum Gasteiger partial charge on any atom is 0.264 e. The van der Waals surface area contributed by atoms with Gasteiger partial charge < -0.3 is 19.6 Å². The lowest BCUT2D eigenvalue weighted by molar-refractivity contribution is 0.0858. The van der Waals surface area contributed by atoms with Crippen molar-refractivity contribution in [1.29, 1.82) is 0 Å². The molecule has 0 amide bonds. The monoisotopic (exact) mass is 464 g/mol. The van der Waals surface area contributed by atoms with E-state index in [-0.39, 0.29) is 28.3 Å². The highest BCUT2D eigenvalue weighted by atomic mass is 35.5. The van der Waals surface area contributed by atoms with Crippen LogP contribution in [0.4, 0.5) is 5.69 Å². The Morgan fingerprint density at radius 2 is 1.68 bits per heavy atom. The molecule has 2 rings (SSSR count). The van der Waals surface area contributed by atoms with Crippen LogP contribution < -0.4 is 10.1 Å². The van der Waals surface area contributed by atoms with Crippen molar-refractivity contribution in [2.24, 2.45) is 0 Å². The number of aromatic hydroxyl groups is 1. The largest absolute Gasteiger partial charge is 0.502 e. The third kappa shape index (κ3) is 6.86. The number of aryl methyl sites for hydroxylation is 3. The van der Waals surface area contributed by atoms with E-state index < -0.39 is 9.76 Å². The van der Waals surface area contributed by atoms with E-state index in [4.69, 9.17) is 20.8 Å². The molecule has 0 fully saturated rings. The number of ether oxygens (including phenoxy) is 1. The molecular formula is C24H37ClN2O3Si. The molecule has 2 aromatic rings. The van der Waals surface area contributed by atoms with Gasteiger partial charge in [-0.2, -0.15) is 0 Å². The Morgan fingerprint density at radius 3 is 2.19 bits per heavy atom. The molecule has 1 aromatic heterocycles. The number of nitrogens with zero attached hydrogens (tertiary/aromatic N) is 1. The number of benzene rings is 1. The molecule has 0 aliphatic heterocycles. The SMILES string of the molecule is CCC(Nc1cc(C)nc(Oc2c(C)cc(Cl)cc2C)c1O)C(C)(C)O[SiH2]C(C)(C)C. The summed E-state index contributed by atoms with van der Waals surface area (Å²) < 4.78 is 12.4. The molecule has 0 radical (unpaired) electrons. The topological polar surface area (TPSA) is 63.6 Å². The van der Waals surface area contributed by atoms with Crippen LogP contribution in [0.3, 0.4) is 0 Å². The third-order valence-corrected chi connectivity index (χ3v) is 7.14. The summed E-state index contributed by atoms with van der Waals surface area (Å²) in [7, 11) is -0.723. The Morgan fingerprint density at radius 1 is 1.10 bits per heavy atom. The summed E-state index contributed by atoms with van der Waals surface area (Å²) in [5, 5.41) is 15.3. The van der Waals surface area contributed by atoms with E-state index in [2.05, 4.69) is 51.8 Å². The Balaban J connectivity index is 2.33. The maximum absolute atomic E-state index is 11.0. The lowest BCUT2D eigenvalue weighted by Gasteiger charge is -2.37. The zero-order valence-electron chi connectivity index (χ0n) is 20.3. The van der Waals surface area contributed by atoms with Crippen molar-refractivity contribution in [2.45, 2.75) is 85.4 Å². The van der Waals surface area contributed by atoms with Crippen LogP contribution in [0.5, 0.6) is 17.4 Å². The van der Waals surface area contributed by atoms with Gasteiger partial charge in [0, 0.05) is 10.7 Å². The Labute approximate surface area is 194 Å². The van der Waals surface area contributed by atoms with Gasteiger partial charge in [0.15, 0.2) is 9.76 Å². The average Bonchev–Trinajstić information content (AvgIpc) is 2.63. The van der Waals surface area contributed by atoms with Gasteiger partial charge in [-0.3, -0.25) is 0 Å². The van der Waals surface area contributed by atoms with E-state index >= 15 is 0 Å². The molecule has 1 heterocycles. The molecule has 2 N–H and O–H groups in total. The van der Waals surface area contributed by atoms with Crippen LogP contribution in [0.1, 0.15) is 64.8 Å². The second kappa shape index (κ2) is 9.80. The first-order chi connectivity index (χ1) is 14.2. The number of anilines is 1. The van der Waals surface area contributed by atoms with Crippen LogP contribution in [0.15, 0.2) is 18.2 Å². The zero-order chi connectivity index (χ0) is 23.6. The summed E-state index contributed by atoms with van der Waals surface area (Å²) in [4.78, 5) is 4.43. The highest BCUT2D eigenvalue weighted by Crippen LogP contribution is 2.40. The molecular weight excluding hydrogens is 428 g/mol. The van der Waals surface area contributed by atoms with E-state index in [9.17, 15) is 5.11 Å². The smallest absolute Gasteiger partial charge is 0.264 e. The molecule has 1 aromatic carbocycles. The molecule has 5 nitrogen and oxygen atoms in total. The number of hydrogen-bond donors (Lipinski definition) is 2. The standard InChI is InChI=1S/C24H37ClN2O3Si/c1-10-19(24(8,9)30-31-23(5,6)7)27-18-13-16(4)26-22(20(18)28)29-21-14(2)11-17(25)12-15(21)3/h11-13,19,28H,10,31H2,1-9H3,(H,26,27). The molecule has 0 aliphatic carbocycles. The fourth-order valence-corrected chi connectivity index (χ4v) is 4.77. The van der Waals surface area contributed by atoms with Gasteiger partial charge in [-0.05, 0) is 75.4 Å². The van der Waals surface area contributed by atoms with Crippen molar-refractivity contribution >= 4 is 27.1 Å². The maximum atomic E-state index is 11.0. The summed E-state index contributed by atoms with van der Waals surface area (Å²) in [6, 6.07) is 5.52. The molecule has 1 atom stereocenters. The van der Waals surface area contributed by atoms with E-state index in [1.54, 1.807) is 0 Å². The van der Waals surface area contributed by atoms with Crippen LogP contribution in [0.25, 0.3) is 0 Å². The quantitative estimate of drug-likeness (QED) is 0.439. The predicted octanol–water partition coefficient (Wildman–Crippen LogP) is 6.45. The van der Waals surface area contributed by atoms with Gasteiger partial charge in [-0.15, -0.1) is 0 Å². The van der Waals surface area contributed by atoms with Crippen molar-refractivity contribution in [3.8, 4) is 17.4 Å². The molecule has 0 saturated carbocycles. The van der Waals surface area contributed by atoms with Gasteiger partial charge in [-0.25, -0.2) is 4.98 Å². The summed E-state index contributed by atoms with van der Waals surface area (Å²) >= 11 is 6.14. The summed E-state index contributed by atoms with van der Waals surface area (Å²) in [5.74, 6) is 0.811. The average molecular weight is 465 g/mol. The predicted molar refractivity (Wildman–Crippen MR) is 133 cm³/mol. The second-order valence-electron chi connectivity index (χ2n) is 9.99. The van der Waals surface area contributed by atoms with Crippen LogP contribution in [-0.2, 0) is 4.43 Å². The minimum atomic E-state index is -0.723. The highest BCUT2D eigenvalue weighted by Gasteiger charge is 2.31. The first-order valence-electron chi connectivity index (χ1n) is 10.8. The molecule has 0 spiro atoms. The molecule has 0 aliphatic rings. The van der Waals surface area contributed by atoms with E-state index in [0.717, 1.165) is 23.2 Å². The van der Waals surface area contributed by atoms with Crippen molar-refractivity contribution in [3.63, 3.8) is 0 Å². The molecule has 1 unspecified atom stereocenters. The number of aromatic nitrogens is 1. The van der Waals surface area contributed by atoms with Crippen LogP contribution >= 0.6 is 11.6 Å². The Hall–Kier alpha value is -1.76. The first-order valence-corrected chi connectivity index (χ1v) is 12.5. The van der Waals surface area contributed by atoms with Gasteiger partial charge in [0.25, 0.3) is 5.88 Å². The van der Waals surface area contributed by atoms with Crippen LogP contribution in [0.2, 0.25) is 10.1 Å². The van der Waals surface area contributed by atoms with Gasteiger partial charge in [-0.1, -0.05) is 39.3 Å². The van der Waals surface area contributed by atoms with Crippen LogP contribution in [0, 0.1) is 20.8 Å². The van der Waals surface area contributed by atoms with Crippen molar-refractivity contribution in [1.82, 2.24) is 4.98 Å². The van der Waals surface area contributed by atoms with Crippen molar-refractivity contribution in [2.75, 3.05) is 5.32 Å². The number of pyridine rings is 1. The van der Waals surface area contributed by atoms with Crippen molar-refractivity contribution < 1.29 is 14.3 Å².